The summed E-state index contributed by atoms with van der Waals surface area (Å²) in [7, 11) is -3.64. The largest absolute Gasteiger partial charge is 0.308 e. The summed E-state index contributed by atoms with van der Waals surface area (Å²) in [6.45, 7) is 2.25. The number of para-hydroxylation sites is 1. The molecule has 6 nitrogen and oxygen atoms in total. The minimum atomic E-state index is -3.64. The van der Waals surface area contributed by atoms with Crippen LogP contribution in [0, 0.1) is 5.92 Å². The van der Waals surface area contributed by atoms with Crippen molar-refractivity contribution in [3.63, 3.8) is 0 Å². The Morgan fingerprint density at radius 3 is 2.44 bits per heavy atom. The van der Waals surface area contributed by atoms with Gasteiger partial charge in [-0.15, -0.1) is 0 Å². The third-order valence-corrected chi connectivity index (χ3v) is 6.93. The van der Waals surface area contributed by atoms with Crippen LogP contribution in [0.25, 0.3) is 0 Å². The first-order chi connectivity index (χ1) is 12.9. The Kier molecular flexibility index (Phi) is 4.26. The Morgan fingerprint density at radius 2 is 1.78 bits per heavy atom. The summed E-state index contributed by atoms with van der Waals surface area (Å²) < 4.78 is 25.3. The molecule has 1 saturated heterocycles. The van der Waals surface area contributed by atoms with E-state index in [2.05, 4.69) is 0 Å². The smallest absolute Gasteiger partial charge is 0.258 e. The van der Waals surface area contributed by atoms with Crippen LogP contribution in [-0.2, 0) is 21.2 Å². The second-order valence-corrected chi connectivity index (χ2v) is 8.88. The van der Waals surface area contributed by atoms with E-state index in [9.17, 15) is 18.0 Å². The van der Waals surface area contributed by atoms with Gasteiger partial charge in [0.05, 0.1) is 17.4 Å². The van der Waals surface area contributed by atoms with Crippen LogP contribution >= 0.6 is 0 Å². The molecule has 1 atom stereocenters. The molecule has 27 heavy (non-hydrogen) atoms. The maximum atomic E-state index is 13.0. The van der Waals surface area contributed by atoms with E-state index in [1.54, 1.807) is 24.0 Å². The topological polar surface area (TPSA) is 74.8 Å². The molecule has 0 saturated carbocycles. The van der Waals surface area contributed by atoms with Crippen molar-refractivity contribution in [3.05, 3.63) is 59.7 Å². The van der Waals surface area contributed by atoms with Gasteiger partial charge in [-0.2, -0.15) is 0 Å². The van der Waals surface area contributed by atoms with Crippen molar-refractivity contribution in [1.29, 1.82) is 0 Å². The number of carbonyl (C=O) groups excluding carboxylic acids is 2. The fraction of sp³-hybridized carbons (Fsp3) is 0.300. The minimum absolute atomic E-state index is 0.127. The molecule has 0 N–H and O–H groups in total. The van der Waals surface area contributed by atoms with Gasteiger partial charge in [0.1, 0.15) is 0 Å². The molecule has 0 aliphatic carbocycles. The van der Waals surface area contributed by atoms with Crippen molar-refractivity contribution in [3.8, 4) is 0 Å². The molecule has 7 heteroatoms. The SMILES string of the molecule is C[C@@H]1CS(=O)(=O)N(c2ccc(C(=O)N3CCCc4ccccc43)cc2)C1=O. The highest BCUT2D eigenvalue weighted by Crippen LogP contribution is 2.30. The lowest BCUT2D eigenvalue weighted by atomic mass is 10.0. The van der Waals surface area contributed by atoms with Crippen molar-refractivity contribution in [2.24, 2.45) is 5.92 Å². The van der Waals surface area contributed by atoms with Gasteiger partial charge in [-0.3, -0.25) is 9.59 Å². The summed E-state index contributed by atoms with van der Waals surface area (Å²) in [6, 6.07) is 14.1. The first-order valence-corrected chi connectivity index (χ1v) is 10.6. The number of nitrogens with zero attached hydrogens (tertiary/aromatic N) is 2. The molecule has 0 unspecified atom stereocenters. The third-order valence-electron chi connectivity index (χ3n) is 5.06. The third kappa shape index (κ3) is 3.02. The van der Waals surface area contributed by atoms with E-state index in [0.29, 0.717) is 12.1 Å². The molecule has 2 aliphatic heterocycles. The van der Waals surface area contributed by atoms with Gasteiger partial charge in [0, 0.05) is 17.8 Å². The molecule has 0 spiro atoms. The standard InChI is InChI=1S/C20H20N2O4S/c1-14-13-27(25,26)22(19(14)23)17-10-8-16(9-11-17)20(24)21-12-4-6-15-5-2-3-7-18(15)21/h2-3,5,7-11,14H,4,6,12-13H2,1H3/t14-/m1/s1. The average Bonchev–Trinajstić information content (AvgIpc) is 2.87. The zero-order chi connectivity index (χ0) is 19.2. The fourth-order valence-electron chi connectivity index (χ4n) is 3.73. The number of rotatable bonds is 2. The molecular weight excluding hydrogens is 364 g/mol. The lowest BCUT2D eigenvalue weighted by Gasteiger charge is -2.29. The van der Waals surface area contributed by atoms with Crippen molar-refractivity contribution >= 4 is 33.2 Å². The summed E-state index contributed by atoms with van der Waals surface area (Å²) in [5.74, 6) is -1.30. The van der Waals surface area contributed by atoms with Crippen LogP contribution in [0.3, 0.4) is 0 Å². The summed E-state index contributed by atoms with van der Waals surface area (Å²) in [4.78, 5) is 26.9. The van der Waals surface area contributed by atoms with Gasteiger partial charge in [-0.1, -0.05) is 25.1 Å². The molecule has 2 aromatic carbocycles. The van der Waals surface area contributed by atoms with E-state index in [-0.39, 0.29) is 17.3 Å². The maximum Gasteiger partial charge on any atom is 0.258 e. The Morgan fingerprint density at radius 1 is 1.07 bits per heavy atom. The van der Waals surface area contributed by atoms with Crippen molar-refractivity contribution in [2.75, 3.05) is 21.5 Å². The molecule has 0 aromatic heterocycles. The maximum absolute atomic E-state index is 13.0. The lowest BCUT2D eigenvalue weighted by Crippen LogP contribution is -2.35. The number of hydrogen-bond acceptors (Lipinski definition) is 4. The van der Waals surface area contributed by atoms with E-state index in [1.165, 1.54) is 12.1 Å². The van der Waals surface area contributed by atoms with E-state index >= 15 is 0 Å². The number of sulfonamides is 1. The highest BCUT2D eigenvalue weighted by molar-refractivity contribution is 7.94. The molecule has 2 heterocycles. The summed E-state index contributed by atoms with van der Waals surface area (Å²) in [6.07, 6.45) is 1.85. The predicted molar refractivity (Wildman–Crippen MR) is 103 cm³/mol. The molecular formula is C20H20N2O4S. The summed E-state index contributed by atoms with van der Waals surface area (Å²) in [5, 5.41) is 0. The van der Waals surface area contributed by atoms with Crippen LogP contribution in [0.4, 0.5) is 11.4 Å². The van der Waals surface area contributed by atoms with Crippen LogP contribution in [-0.4, -0.2) is 32.5 Å². The van der Waals surface area contributed by atoms with Gasteiger partial charge >= 0.3 is 0 Å². The number of hydrogen-bond donors (Lipinski definition) is 0. The van der Waals surface area contributed by atoms with E-state index in [0.717, 1.165) is 28.4 Å². The van der Waals surface area contributed by atoms with Crippen molar-refractivity contribution in [2.45, 2.75) is 19.8 Å². The lowest BCUT2D eigenvalue weighted by molar-refractivity contribution is -0.119. The number of anilines is 2. The van der Waals surface area contributed by atoms with Crippen molar-refractivity contribution < 1.29 is 18.0 Å². The molecule has 2 aliphatic rings. The van der Waals surface area contributed by atoms with Gasteiger partial charge in [0.25, 0.3) is 5.91 Å². The number of carbonyl (C=O) groups is 2. The Bertz CT molecular complexity index is 1010. The normalized spacial score (nSPS) is 21.2. The van der Waals surface area contributed by atoms with Gasteiger partial charge in [-0.05, 0) is 48.7 Å². The van der Waals surface area contributed by atoms with E-state index < -0.39 is 21.8 Å². The molecule has 0 radical (unpaired) electrons. The van der Waals surface area contributed by atoms with Crippen LogP contribution in [0.1, 0.15) is 29.3 Å². The second-order valence-electron chi connectivity index (χ2n) is 7.02. The Hall–Kier alpha value is -2.67. The van der Waals surface area contributed by atoms with E-state index in [1.807, 2.05) is 24.3 Å². The Balaban J connectivity index is 1.62. The number of amides is 2. The fourth-order valence-corrected chi connectivity index (χ4v) is 5.55. The van der Waals surface area contributed by atoms with Crippen LogP contribution in [0.2, 0.25) is 0 Å². The zero-order valence-electron chi connectivity index (χ0n) is 15.0. The van der Waals surface area contributed by atoms with Crippen LogP contribution in [0.15, 0.2) is 48.5 Å². The highest BCUT2D eigenvalue weighted by Gasteiger charge is 2.42. The molecule has 2 aromatic rings. The van der Waals surface area contributed by atoms with Crippen LogP contribution < -0.4 is 9.21 Å². The number of fused-ring (bicyclic) bond motifs is 1. The number of aryl methyl sites for hydroxylation is 1. The van der Waals surface area contributed by atoms with Crippen LogP contribution in [0.5, 0.6) is 0 Å². The van der Waals surface area contributed by atoms with Crippen molar-refractivity contribution in [1.82, 2.24) is 0 Å². The minimum Gasteiger partial charge on any atom is -0.308 e. The van der Waals surface area contributed by atoms with E-state index in [4.69, 9.17) is 0 Å². The molecule has 140 valence electrons. The molecule has 1 fully saturated rings. The monoisotopic (exact) mass is 384 g/mol. The number of benzene rings is 2. The highest BCUT2D eigenvalue weighted by atomic mass is 32.2. The molecule has 2 amide bonds. The van der Waals surface area contributed by atoms with Gasteiger partial charge < -0.3 is 4.90 Å². The van der Waals surface area contributed by atoms with Gasteiger partial charge in [0.2, 0.25) is 15.9 Å². The average molecular weight is 384 g/mol. The van der Waals surface area contributed by atoms with Gasteiger partial charge in [0.15, 0.2) is 0 Å². The Labute approximate surface area is 158 Å². The summed E-state index contributed by atoms with van der Waals surface area (Å²) in [5.41, 5.74) is 2.81. The first kappa shape index (κ1) is 17.7. The predicted octanol–water partition coefficient (Wildman–Crippen LogP) is 2.59. The summed E-state index contributed by atoms with van der Waals surface area (Å²) >= 11 is 0. The first-order valence-electron chi connectivity index (χ1n) is 8.95. The second kappa shape index (κ2) is 6.49. The molecule has 0 bridgehead atoms. The molecule has 4 rings (SSSR count). The van der Waals surface area contributed by atoms with Gasteiger partial charge in [-0.25, -0.2) is 12.7 Å². The quantitative estimate of drug-likeness (QED) is 0.798. The zero-order valence-corrected chi connectivity index (χ0v) is 15.8.